The first-order chi connectivity index (χ1) is 8.54. The number of benzene rings is 1. The third kappa shape index (κ3) is 4.60. The SMILES string of the molecule is COCCNC(=O)CNc1cc(Cl)c(Cl)cc1N. The van der Waals surface area contributed by atoms with E-state index in [0.717, 1.165) is 0 Å². The van der Waals surface area contributed by atoms with Crippen molar-refractivity contribution in [2.24, 2.45) is 0 Å². The maximum atomic E-state index is 11.4. The molecule has 0 aromatic heterocycles. The van der Waals surface area contributed by atoms with E-state index in [-0.39, 0.29) is 12.5 Å². The molecule has 0 aliphatic heterocycles. The maximum absolute atomic E-state index is 11.4. The van der Waals surface area contributed by atoms with E-state index in [1.54, 1.807) is 13.2 Å². The van der Waals surface area contributed by atoms with Crippen LogP contribution in [0.5, 0.6) is 0 Å². The zero-order chi connectivity index (χ0) is 13.5. The van der Waals surface area contributed by atoms with Crippen LogP contribution < -0.4 is 16.4 Å². The second-order valence-corrected chi connectivity index (χ2v) is 4.36. The Balaban J connectivity index is 2.48. The van der Waals surface area contributed by atoms with Crippen LogP contribution in [0.25, 0.3) is 0 Å². The predicted octanol–water partition coefficient (Wildman–Crippen LogP) is 1.75. The summed E-state index contributed by atoms with van der Waals surface area (Å²) in [6.45, 7) is 1.04. The van der Waals surface area contributed by atoms with Crippen LogP contribution in [0.1, 0.15) is 0 Å². The molecule has 0 unspecified atom stereocenters. The van der Waals surface area contributed by atoms with Crippen LogP contribution >= 0.6 is 23.2 Å². The van der Waals surface area contributed by atoms with E-state index in [2.05, 4.69) is 10.6 Å². The van der Waals surface area contributed by atoms with Crippen LogP contribution in [0.2, 0.25) is 10.0 Å². The second kappa shape index (κ2) is 7.31. The monoisotopic (exact) mass is 291 g/mol. The number of nitrogens with two attached hydrogens (primary N) is 1. The zero-order valence-corrected chi connectivity index (χ0v) is 11.4. The Morgan fingerprint density at radius 3 is 2.72 bits per heavy atom. The van der Waals surface area contributed by atoms with Gasteiger partial charge in [0, 0.05) is 13.7 Å². The van der Waals surface area contributed by atoms with Gasteiger partial charge in [-0.1, -0.05) is 23.2 Å². The number of amides is 1. The van der Waals surface area contributed by atoms with Gasteiger partial charge < -0.3 is 21.1 Å². The predicted molar refractivity (Wildman–Crippen MR) is 74.2 cm³/mol. The summed E-state index contributed by atoms with van der Waals surface area (Å²) < 4.78 is 4.82. The first-order valence-corrected chi connectivity index (χ1v) is 6.04. The number of carbonyl (C=O) groups excluding carboxylic acids is 1. The molecule has 0 aliphatic rings. The van der Waals surface area contributed by atoms with E-state index in [4.69, 9.17) is 33.7 Å². The van der Waals surface area contributed by atoms with E-state index in [1.807, 2.05) is 0 Å². The minimum atomic E-state index is -0.155. The highest BCUT2D eigenvalue weighted by atomic mass is 35.5. The molecule has 0 radical (unpaired) electrons. The molecular weight excluding hydrogens is 277 g/mol. The molecule has 7 heteroatoms. The van der Waals surface area contributed by atoms with E-state index in [9.17, 15) is 4.79 Å². The van der Waals surface area contributed by atoms with E-state index in [1.165, 1.54) is 6.07 Å². The molecule has 0 saturated heterocycles. The van der Waals surface area contributed by atoms with Gasteiger partial charge in [0.25, 0.3) is 0 Å². The largest absolute Gasteiger partial charge is 0.397 e. The molecular formula is C11H15Cl2N3O2. The number of anilines is 2. The molecule has 1 aromatic rings. The van der Waals surface area contributed by atoms with E-state index in [0.29, 0.717) is 34.6 Å². The van der Waals surface area contributed by atoms with Crippen LogP contribution in [0.3, 0.4) is 0 Å². The summed E-state index contributed by atoms with van der Waals surface area (Å²) in [6.07, 6.45) is 0. The Morgan fingerprint density at radius 2 is 2.06 bits per heavy atom. The van der Waals surface area contributed by atoms with Gasteiger partial charge >= 0.3 is 0 Å². The molecule has 4 N–H and O–H groups in total. The van der Waals surface area contributed by atoms with E-state index < -0.39 is 0 Å². The van der Waals surface area contributed by atoms with Gasteiger partial charge in [0.1, 0.15) is 0 Å². The lowest BCUT2D eigenvalue weighted by atomic mass is 10.2. The molecule has 1 aromatic carbocycles. The number of rotatable bonds is 6. The van der Waals surface area contributed by atoms with Crippen molar-refractivity contribution in [3.63, 3.8) is 0 Å². The van der Waals surface area contributed by atoms with E-state index >= 15 is 0 Å². The van der Waals surface area contributed by atoms with Crippen molar-refractivity contribution < 1.29 is 9.53 Å². The van der Waals surface area contributed by atoms with Gasteiger partial charge in [-0.3, -0.25) is 4.79 Å². The van der Waals surface area contributed by atoms with Crippen LogP contribution in [0, 0.1) is 0 Å². The lowest BCUT2D eigenvalue weighted by Crippen LogP contribution is -2.32. The number of methoxy groups -OCH3 is 1. The number of halogens is 2. The normalized spacial score (nSPS) is 10.2. The fourth-order valence-corrected chi connectivity index (χ4v) is 1.58. The lowest BCUT2D eigenvalue weighted by Gasteiger charge is -2.10. The third-order valence-corrected chi connectivity index (χ3v) is 2.88. The van der Waals surface area contributed by atoms with Gasteiger partial charge in [-0.25, -0.2) is 0 Å². The molecule has 1 rings (SSSR count). The quantitative estimate of drug-likeness (QED) is 0.551. The molecule has 0 bridgehead atoms. The number of nitrogen functional groups attached to an aromatic ring is 1. The van der Waals surface area contributed by atoms with Crippen LogP contribution in [-0.4, -0.2) is 32.7 Å². The van der Waals surface area contributed by atoms with Gasteiger partial charge in [0.05, 0.1) is 34.6 Å². The second-order valence-electron chi connectivity index (χ2n) is 3.55. The highest BCUT2D eigenvalue weighted by Gasteiger charge is 2.06. The molecule has 0 aliphatic carbocycles. The van der Waals surface area contributed by atoms with Crippen molar-refractivity contribution in [2.45, 2.75) is 0 Å². The fraction of sp³-hybridized carbons (Fsp3) is 0.364. The Bertz CT molecular complexity index is 427. The van der Waals surface area contributed by atoms with Crippen molar-refractivity contribution in [1.82, 2.24) is 5.32 Å². The molecule has 100 valence electrons. The molecule has 0 heterocycles. The Kier molecular flexibility index (Phi) is 6.04. The highest BCUT2D eigenvalue weighted by molar-refractivity contribution is 6.42. The average Bonchev–Trinajstić information content (AvgIpc) is 2.32. The minimum Gasteiger partial charge on any atom is -0.397 e. The van der Waals surface area contributed by atoms with Crippen LogP contribution in [-0.2, 0) is 9.53 Å². The first-order valence-electron chi connectivity index (χ1n) is 5.28. The fourth-order valence-electron chi connectivity index (χ4n) is 1.25. The Morgan fingerprint density at radius 1 is 1.39 bits per heavy atom. The summed E-state index contributed by atoms with van der Waals surface area (Å²) in [7, 11) is 1.57. The van der Waals surface area contributed by atoms with Crippen molar-refractivity contribution >= 4 is 40.5 Å². The van der Waals surface area contributed by atoms with Gasteiger partial charge in [-0.05, 0) is 12.1 Å². The number of hydrogen-bond donors (Lipinski definition) is 3. The molecule has 5 nitrogen and oxygen atoms in total. The van der Waals surface area contributed by atoms with Gasteiger partial charge in [-0.15, -0.1) is 0 Å². The Labute approximate surface area is 116 Å². The summed E-state index contributed by atoms with van der Waals surface area (Å²) >= 11 is 11.7. The molecule has 0 atom stereocenters. The van der Waals surface area contributed by atoms with Crippen molar-refractivity contribution in [2.75, 3.05) is 37.9 Å². The topological polar surface area (TPSA) is 76.4 Å². The van der Waals surface area contributed by atoms with Gasteiger partial charge in [0.2, 0.25) is 5.91 Å². The van der Waals surface area contributed by atoms with Crippen molar-refractivity contribution in [3.05, 3.63) is 22.2 Å². The summed E-state index contributed by atoms with van der Waals surface area (Å²) in [5.74, 6) is -0.155. The number of ether oxygens (including phenoxy) is 1. The maximum Gasteiger partial charge on any atom is 0.239 e. The summed E-state index contributed by atoms with van der Waals surface area (Å²) in [4.78, 5) is 11.4. The average molecular weight is 292 g/mol. The third-order valence-electron chi connectivity index (χ3n) is 2.16. The minimum absolute atomic E-state index is 0.103. The zero-order valence-electron chi connectivity index (χ0n) is 9.93. The molecule has 0 spiro atoms. The summed E-state index contributed by atoms with van der Waals surface area (Å²) in [5, 5.41) is 6.32. The van der Waals surface area contributed by atoms with Crippen molar-refractivity contribution in [3.8, 4) is 0 Å². The number of hydrogen-bond acceptors (Lipinski definition) is 4. The first kappa shape index (κ1) is 14.9. The number of carbonyl (C=O) groups is 1. The van der Waals surface area contributed by atoms with Gasteiger partial charge in [-0.2, -0.15) is 0 Å². The number of nitrogens with one attached hydrogen (secondary N) is 2. The molecule has 18 heavy (non-hydrogen) atoms. The standard InChI is InChI=1S/C11H15Cl2N3O2/c1-18-3-2-15-11(17)6-16-10-5-8(13)7(12)4-9(10)14/h4-5,16H,2-3,6,14H2,1H3,(H,15,17). The summed E-state index contributed by atoms with van der Waals surface area (Å²) in [5.41, 5.74) is 6.76. The lowest BCUT2D eigenvalue weighted by molar-refractivity contribution is -0.119. The van der Waals surface area contributed by atoms with Gasteiger partial charge in [0.15, 0.2) is 0 Å². The van der Waals surface area contributed by atoms with Crippen LogP contribution in [0.15, 0.2) is 12.1 Å². The van der Waals surface area contributed by atoms with Crippen LogP contribution in [0.4, 0.5) is 11.4 Å². The van der Waals surface area contributed by atoms with Crippen molar-refractivity contribution in [1.29, 1.82) is 0 Å². The highest BCUT2D eigenvalue weighted by Crippen LogP contribution is 2.30. The molecule has 0 saturated carbocycles. The molecule has 1 amide bonds. The smallest absolute Gasteiger partial charge is 0.239 e. The molecule has 0 fully saturated rings. The summed E-state index contributed by atoms with van der Waals surface area (Å²) in [6, 6.07) is 3.12. The Hall–Kier alpha value is -1.17.